The van der Waals surface area contributed by atoms with Gasteiger partial charge >= 0.3 is 0 Å². The van der Waals surface area contributed by atoms with Crippen molar-refractivity contribution in [2.24, 2.45) is 0 Å². The van der Waals surface area contributed by atoms with E-state index in [1.165, 1.54) is 5.56 Å². The Morgan fingerprint density at radius 1 is 1.17 bits per heavy atom. The van der Waals surface area contributed by atoms with Gasteiger partial charge in [-0.25, -0.2) is 0 Å². The Kier molecular flexibility index (Phi) is 6.95. The number of carbonyl (C=O) groups is 1. The van der Waals surface area contributed by atoms with Crippen LogP contribution >= 0.6 is 23.2 Å². The fourth-order valence-corrected chi connectivity index (χ4v) is 2.49. The van der Waals surface area contributed by atoms with E-state index in [4.69, 9.17) is 27.9 Å². The summed E-state index contributed by atoms with van der Waals surface area (Å²) in [6.07, 6.45) is 1.20. The van der Waals surface area contributed by atoms with Crippen molar-refractivity contribution < 1.29 is 9.53 Å². The van der Waals surface area contributed by atoms with Gasteiger partial charge in [-0.1, -0.05) is 35.3 Å². The molecule has 1 atom stereocenters. The molecule has 0 radical (unpaired) electrons. The summed E-state index contributed by atoms with van der Waals surface area (Å²) in [4.78, 5) is 12.1. The molecular weight excluding hydrogens is 345 g/mol. The zero-order valence-corrected chi connectivity index (χ0v) is 15.3. The second kappa shape index (κ2) is 8.95. The Labute approximate surface area is 152 Å². The van der Waals surface area contributed by atoms with Gasteiger partial charge in [-0.15, -0.1) is 0 Å². The summed E-state index contributed by atoms with van der Waals surface area (Å²) in [6.45, 7) is 4.24. The molecule has 2 rings (SSSR count). The van der Waals surface area contributed by atoms with E-state index in [2.05, 4.69) is 5.32 Å². The Balaban J connectivity index is 1.73. The van der Waals surface area contributed by atoms with Gasteiger partial charge in [0.25, 0.3) is 5.91 Å². The topological polar surface area (TPSA) is 38.3 Å². The molecule has 0 unspecified atom stereocenters. The number of benzene rings is 2. The molecule has 24 heavy (non-hydrogen) atoms. The van der Waals surface area contributed by atoms with E-state index in [0.717, 1.165) is 23.4 Å². The highest BCUT2D eigenvalue weighted by atomic mass is 35.5. The summed E-state index contributed by atoms with van der Waals surface area (Å²) < 4.78 is 5.66. The lowest BCUT2D eigenvalue weighted by Gasteiger charge is -2.15. The minimum absolute atomic E-state index is 0.126. The SMILES string of the molecule is Cc1cc(O[C@H](C)C(=O)NCCCc2ccc(Cl)cc2)ccc1Cl. The normalized spacial score (nSPS) is 11.8. The van der Waals surface area contributed by atoms with Gasteiger partial charge in [-0.2, -0.15) is 0 Å². The average molecular weight is 366 g/mol. The zero-order chi connectivity index (χ0) is 17.5. The first-order chi connectivity index (χ1) is 11.5. The largest absolute Gasteiger partial charge is 0.481 e. The number of aryl methyl sites for hydroxylation is 2. The molecule has 0 aliphatic carbocycles. The molecule has 0 aliphatic rings. The molecule has 1 amide bonds. The van der Waals surface area contributed by atoms with E-state index in [0.29, 0.717) is 17.3 Å². The molecule has 0 heterocycles. The predicted molar refractivity (Wildman–Crippen MR) is 99.1 cm³/mol. The summed E-state index contributed by atoms with van der Waals surface area (Å²) >= 11 is 11.8. The fraction of sp³-hybridized carbons (Fsp3) is 0.316. The standard InChI is InChI=1S/C19H21Cl2NO2/c1-13-12-17(9-10-18(13)21)24-14(2)19(23)22-11-3-4-15-5-7-16(20)8-6-15/h5-10,12,14H,3-4,11H2,1-2H3,(H,22,23)/t14-/m1/s1. The summed E-state index contributed by atoms with van der Waals surface area (Å²) in [5.74, 6) is 0.513. The van der Waals surface area contributed by atoms with Crippen LogP contribution in [0.15, 0.2) is 42.5 Å². The molecule has 0 spiro atoms. The summed E-state index contributed by atoms with van der Waals surface area (Å²) in [5.41, 5.74) is 2.12. The van der Waals surface area contributed by atoms with E-state index in [1.807, 2.05) is 37.3 Å². The van der Waals surface area contributed by atoms with Crippen molar-refractivity contribution in [3.63, 3.8) is 0 Å². The van der Waals surface area contributed by atoms with Crippen LogP contribution in [0.4, 0.5) is 0 Å². The van der Waals surface area contributed by atoms with Crippen molar-refractivity contribution in [3.8, 4) is 5.75 Å². The Bertz CT molecular complexity index is 686. The van der Waals surface area contributed by atoms with Gasteiger partial charge in [0.15, 0.2) is 6.10 Å². The third-order valence-electron chi connectivity index (χ3n) is 3.67. The van der Waals surface area contributed by atoms with Crippen LogP contribution in [0.1, 0.15) is 24.5 Å². The molecular formula is C19H21Cl2NO2. The number of nitrogens with one attached hydrogen (secondary N) is 1. The van der Waals surface area contributed by atoms with Crippen molar-refractivity contribution in [1.82, 2.24) is 5.32 Å². The van der Waals surface area contributed by atoms with Crippen LogP contribution in [0.25, 0.3) is 0 Å². The quantitative estimate of drug-likeness (QED) is 0.714. The predicted octanol–water partition coefficient (Wildman–Crippen LogP) is 4.82. The van der Waals surface area contributed by atoms with Crippen LogP contribution in [-0.4, -0.2) is 18.6 Å². The number of ether oxygens (including phenoxy) is 1. The molecule has 3 nitrogen and oxygen atoms in total. The Morgan fingerprint density at radius 3 is 2.54 bits per heavy atom. The Hall–Kier alpha value is -1.71. The van der Waals surface area contributed by atoms with Gasteiger partial charge in [0.2, 0.25) is 0 Å². The first-order valence-corrected chi connectivity index (χ1v) is 8.66. The van der Waals surface area contributed by atoms with Crippen molar-refractivity contribution in [3.05, 3.63) is 63.6 Å². The maximum atomic E-state index is 12.1. The van der Waals surface area contributed by atoms with Crippen molar-refractivity contribution in [2.75, 3.05) is 6.54 Å². The minimum Gasteiger partial charge on any atom is -0.481 e. The minimum atomic E-state index is -0.555. The van der Waals surface area contributed by atoms with Crippen LogP contribution in [0, 0.1) is 6.92 Å². The number of carbonyl (C=O) groups excluding carboxylic acids is 1. The summed E-state index contributed by atoms with van der Waals surface area (Å²) in [7, 11) is 0. The lowest BCUT2D eigenvalue weighted by atomic mass is 10.1. The highest BCUT2D eigenvalue weighted by Crippen LogP contribution is 2.21. The van der Waals surface area contributed by atoms with Gasteiger partial charge in [-0.05, 0) is 68.1 Å². The second-order valence-electron chi connectivity index (χ2n) is 5.69. The fourth-order valence-electron chi connectivity index (χ4n) is 2.25. The van der Waals surface area contributed by atoms with Crippen LogP contribution < -0.4 is 10.1 Å². The molecule has 0 aromatic heterocycles. The van der Waals surface area contributed by atoms with Gasteiger partial charge in [0.05, 0.1) is 0 Å². The molecule has 0 saturated carbocycles. The number of hydrogen-bond donors (Lipinski definition) is 1. The van der Waals surface area contributed by atoms with Crippen LogP contribution in [0.3, 0.4) is 0 Å². The van der Waals surface area contributed by atoms with E-state index in [9.17, 15) is 4.79 Å². The number of halogens is 2. The van der Waals surface area contributed by atoms with Gasteiger partial charge in [-0.3, -0.25) is 4.79 Å². The molecule has 0 bridgehead atoms. The van der Waals surface area contributed by atoms with Gasteiger partial charge < -0.3 is 10.1 Å². The maximum Gasteiger partial charge on any atom is 0.260 e. The molecule has 128 valence electrons. The zero-order valence-electron chi connectivity index (χ0n) is 13.8. The third kappa shape index (κ3) is 5.73. The Morgan fingerprint density at radius 2 is 1.88 bits per heavy atom. The highest BCUT2D eigenvalue weighted by molar-refractivity contribution is 6.31. The van der Waals surface area contributed by atoms with Crippen molar-refractivity contribution in [1.29, 1.82) is 0 Å². The van der Waals surface area contributed by atoms with Gasteiger partial charge in [0, 0.05) is 16.6 Å². The second-order valence-corrected chi connectivity index (χ2v) is 6.54. The first-order valence-electron chi connectivity index (χ1n) is 7.90. The van der Waals surface area contributed by atoms with E-state index >= 15 is 0 Å². The summed E-state index contributed by atoms with van der Waals surface area (Å²) in [5, 5.41) is 4.31. The molecule has 0 aliphatic heterocycles. The smallest absolute Gasteiger partial charge is 0.260 e. The van der Waals surface area contributed by atoms with Crippen molar-refractivity contribution >= 4 is 29.1 Å². The van der Waals surface area contributed by atoms with Crippen LogP contribution in [0.2, 0.25) is 10.0 Å². The highest BCUT2D eigenvalue weighted by Gasteiger charge is 2.14. The lowest BCUT2D eigenvalue weighted by Crippen LogP contribution is -2.36. The lowest BCUT2D eigenvalue weighted by molar-refractivity contribution is -0.127. The number of amides is 1. The van der Waals surface area contributed by atoms with E-state index in [1.54, 1.807) is 19.1 Å². The molecule has 0 saturated heterocycles. The molecule has 5 heteroatoms. The summed E-state index contributed by atoms with van der Waals surface area (Å²) in [6, 6.07) is 13.1. The van der Waals surface area contributed by atoms with Crippen LogP contribution in [0.5, 0.6) is 5.75 Å². The maximum absolute atomic E-state index is 12.1. The molecule has 1 N–H and O–H groups in total. The van der Waals surface area contributed by atoms with E-state index < -0.39 is 6.10 Å². The van der Waals surface area contributed by atoms with Crippen LogP contribution in [-0.2, 0) is 11.2 Å². The molecule has 2 aromatic carbocycles. The third-order valence-corrected chi connectivity index (χ3v) is 4.34. The molecule has 0 fully saturated rings. The van der Waals surface area contributed by atoms with E-state index in [-0.39, 0.29) is 5.91 Å². The number of hydrogen-bond acceptors (Lipinski definition) is 2. The average Bonchev–Trinajstić information content (AvgIpc) is 2.56. The molecule has 2 aromatic rings. The monoisotopic (exact) mass is 365 g/mol. The van der Waals surface area contributed by atoms with Crippen molar-refractivity contribution in [2.45, 2.75) is 32.8 Å². The van der Waals surface area contributed by atoms with Gasteiger partial charge in [0.1, 0.15) is 5.75 Å². The first kappa shape index (κ1) is 18.6. The number of rotatable bonds is 7.